The molecule has 1 aliphatic heterocycles. The quantitative estimate of drug-likeness (QED) is 0.813. The molecule has 3 heterocycles. The highest BCUT2D eigenvalue weighted by Gasteiger charge is 2.27. The van der Waals surface area contributed by atoms with Gasteiger partial charge in [-0.05, 0) is 31.0 Å². The van der Waals surface area contributed by atoms with E-state index in [1.54, 1.807) is 0 Å². The van der Waals surface area contributed by atoms with Crippen LogP contribution in [0, 0.1) is 5.92 Å². The van der Waals surface area contributed by atoms with Gasteiger partial charge in [0.05, 0.1) is 13.4 Å². The van der Waals surface area contributed by atoms with Gasteiger partial charge in [-0.25, -0.2) is 9.78 Å². The van der Waals surface area contributed by atoms with Crippen LogP contribution in [0.15, 0.2) is 30.9 Å². The highest BCUT2D eigenvalue weighted by atomic mass is 32.1. The molecule has 0 aliphatic carbocycles. The first-order chi connectivity index (χ1) is 10.7. The Balaban J connectivity index is 1.65. The van der Waals surface area contributed by atoms with E-state index in [9.17, 15) is 4.79 Å². The molecule has 5 nitrogen and oxygen atoms in total. The Hall–Kier alpha value is -1.66. The summed E-state index contributed by atoms with van der Waals surface area (Å²) in [7, 11) is 1.42. The second-order valence-corrected chi connectivity index (χ2v) is 7.00. The summed E-state index contributed by atoms with van der Waals surface area (Å²) in [6.07, 6.45) is 6.97. The lowest BCUT2D eigenvalue weighted by Crippen LogP contribution is -2.39. The van der Waals surface area contributed by atoms with Gasteiger partial charge in [0.25, 0.3) is 0 Å². The summed E-state index contributed by atoms with van der Waals surface area (Å²) in [6, 6.07) is 4.35. The summed E-state index contributed by atoms with van der Waals surface area (Å²) < 4.78 is 6.98. The summed E-state index contributed by atoms with van der Waals surface area (Å²) in [5.41, 5.74) is 0. The zero-order chi connectivity index (χ0) is 15.5. The third-order valence-corrected chi connectivity index (χ3v) is 5.39. The SMILES string of the molecule is COC(=O)c1ccc(CN2CCC(C)C(n3ccnc3)C2)s1. The monoisotopic (exact) mass is 319 g/mol. The fourth-order valence-electron chi connectivity index (χ4n) is 3.01. The minimum absolute atomic E-state index is 0.250. The van der Waals surface area contributed by atoms with Gasteiger partial charge in [-0.2, -0.15) is 0 Å². The highest BCUT2D eigenvalue weighted by Crippen LogP contribution is 2.29. The molecule has 118 valence electrons. The molecule has 3 rings (SSSR count). The third-order valence-electron chi connectivity index (χ3n) is 4.34. The van der Waals surface area contributed by atoms with Crippen molar-refractivity contribution in [1.29, 1.82) is 0 Å². The standard InChI is InChI=1S/C16H21N3O2S/c1-12-5-7-18(10-14(12)19-8-6-17-11-19)9-13-3-4-15(22-13)16(20)21-2/h3-4,6,8,11-12,14H,5,7,9-10H2,1-2H3. The van der Waals surface area contributed by atoms with E-state index < -0.39 is 0 Å². The van der Waals surface area contributed by atoms with Crippen LogP contribution in [-0.4, -0.2) is 40.6 Å². The molecule has 1 fully saturated rings. The van der Waals surface area contributed by atoms with Gasteiger partial charge < -0.3 is 9.30 Å². The van der Waals surface area contributed by atoms with Crippen LogP contribution in [0.4, 0.5) is 0 Å². The summed E-state index contributed by atoms with van der Waals surface area (Å²) >= 11 is 1.52. The maximum Gasteiger partial charge on any atom is 0.348 e. The largest absolute Gasteiger partial charge is 0.465 e. The van der Waals surface area contributed by atoms with Crippen LogP contribution in [0.1, 0.15) is 33.9 Å². The van der Waals surface area contributed by atoms with Crippen molar-refractivity contribution in [3.8, 4) is 0 Å². The summed E-state index contributed by atoms with van der Waals surface area (Å²) in [5, 5.41) is 0. The van der Waals surface area contributed by atoms with E-state index in [0.717, 1.165) is 19.6 Å². The molecule has 2 unspecified atom stereocenters. The number of carbonyl (C=O) groups excluding carboxylic acids is 1. The maximum absolute atomic E-state index is 11.5. The van der Waals surface area contributed by atoms with E-state index in [4.69, 9.17) is 4.74 Å². The van der Waals surface area contributed by atoms with Crippen LogP contribution in [0.5, 0.6) is 0 Å². The topological polar surface area (TPSA) is 47.4 Å². The number of carbonyl (C=O) groups is 1. The highest BCUT2D eigenvalue weighted by molar-refractivity contribution is 7.13. The summed E-state index contributed by atoms with van der Waals surface area (Å²) in [4.78, 5) is 20.0. The van der Waals surface area contributed by atoms with Crippen LogP contribution in [0.3, 0.4) is 0 Å². The zero-order valence-corrected chi connectivity index (χ0v) is 13.8. The molecule has 2 aromatic heterocycles. The normalized spacial score (nSPS) is 22.6. The molecule has 1 saturated heterocycles. The van der Waals surface area contributed by atoms with Crippen LogP contribution in [-0.2, 0) is 11.3 Å². The molecule has 2 atom stereocenters. The number of esters is 1. The lowest BCUT2D eigenvalue weighted by Gasteiger charge is -2.37. The second kappa shape index (κ2) is 6.62. The molecule has 22 heavy (non-hydrogen) atoms. The number of hydrogen-bond donors (Lipinski definition) is 0. The second-order valence-electron chi connectivity index (χ2n) is 5.84. The van der Waals surface area contributed by atoms with Crippen LogP contribution in [0.2, 0.25) is 0 Å². The van der Waals surface area contributed by atoms with Crippen molar-refractivity contribution in [2.45, 2.75) is 25.9 Å². The minimum atomic E-state index is -0.250. The van der Waals surface area contributed by atoms with Crippen molar-refractivity contribution in [2.75, 3.05) is 20.2 Å². The molecule has 0 aromatic carbocycles. The van der Waals surface area contributed by atoms with E-state index in [1.807, 2.05) is 30.9 Å². The predicted molar refractivity (Wildman–Crippen MR) is 86.0 cm³/mol. The Bertz CT molecular complexity index is 623. The zero-order valence-electron chi connectivity index (χ0n) is 12.9. The lowest BCUT2D eigenvalue weighted by molar-refractivity contribution is 0.0606. The van der Waals surface area contributed by atoms with Gasteiger partial charge in [-0.3, -0.25) is 4.90 Å². The van der Waals surface area contributed by atoms with E-state index in [-0.39, 0.29) is 5.97 Å². The van der Waals surface area contributed by atoms with Gasteiger partial charge in [0.2, 0.25) is 0 Å². The Labute approximate surface area is 134 Å². The number of nitrogens with zero attached hydrogens (tertiary/aromatic N) is 3. The van der Waals surface area contributed by atoms with Crippen molar-refractivity contribution in [2.24, 2.45) is 5.92 Å². The van der Waals surface area contributed by atoms with Crippen molar-refractivity contribution < 1.29 is 9.53 Å². The molecular formula is C16H21N3O2S. The van der Waals surface area contributed by atoms with Crippen molar-refractivity contribution >= 4 is 17.3 Å². The van der Waals surface area contributed by atoms with Gasteiger partial charge in [-0.15, -0.1) is 11.3 Å². The Morgan fingerprint density at radius 3 is 3.09 bits per heavy atom. The van der Waals surface area contributed by atoms with Gasteiger partial charge in [0.1, 0.15) is 4.88 Å². The van der Waals surface area contributed by atoms with Crippen molar-refractivity contribution in [1.82, 2.24) is 14.5 Å². The smallest absolute Gasteiger partial charge is 0.348 e. The minimum Gasteiger partial charge on any atom is -0.465 e. The third kappa shape index (κ3) is 3.23. The number of imidazole rings is 1. The molecule has 1 aliphatic rings. The van der Waals surface area contributed by atoms with Crippen molar-refractivity contribution in [3.63, 3.8) is 0 Å². The number of likely N-dealkylation sites (tertiary alicyclic amines) is 1. The fraction of sp³-hybridized carbons (Fsp3) is 0.500. The van der Waals surface area contributed by atoms with Gasteiger partial charge in [-0.1, -0.05) is 6.92 Å². The molecule has 2 aromatic rings. The number of hydrogen-bond acceptors (Lipinski definition) is 5. The Morgan fingerprint density at radius 2 is 2.36 bits per heavy atom. The van der Waals surface area contributed by atoms with E-state index in [0.29, 0.717) is 16.8 Å². The van der Waals surface area contributed by atoms with E-state index in [2.05, 4.69) is 21.4 Å². The number of piperidine rings is 1. The van der Waals surface area contributed by atoms with E-state index >= 15 is 0 Å². The Morgan fingerprint density at radius 1 is 1.50 bits per heavy atom. The van der Waals surface area contributed by atoms with Crippen LogP contribution < -0.4 is 0 Å². The maximum atomic E-state index is 11.5. The molecule has 0 amide bonds. The number of ether oxygens (including phenoxy) is 1. The first kappa shape index (κ1) is 15.2. The molecule has 0 spiro atoms. The first-order valence-electron chi connectivity index (χ1n) is 7.54. The summed E-state index contributed by atoms with van der Waals surface area (Å²) in [5.74, 6) is 0.402. The molecule has 0 bridgehead atoms. The number of methoxy groups -OCH3 is 1. The predicted octanol–water partition coefficient (Wildman–Crippen LogP) is 2.81. The number of rotatable bonds is 4. The van der Waals surface area contributed by atoms with Crippen LogP contribution >= 0.6 is 11.3 Å². The summed E-state index contributed by atoms with van der Waals surface area (Å²) in [6.45, 7) is 5.31. The number of thiophene rings is 1. The average Bonchev–Trinajstić information content (AvgIpc) is 3.20. The van der Waals surface area contributed by atoms with Gasteiger partial charge in [0, 0.05) is 36.4 Å². The van der Waals surface area contributed by atoms with Crippen molar-refractivity contribution in [3.05, 3.63) is 40.6 Å². The molecule has 0 radical (unpaired) electrons. The molecule has 0 saturated carbocycles. The molecular weight excluding hydrogens is 298 g/mol. The van der Waals surface area contributed by atoms with Crippen LogP contribution in [0.25, 0.3) is 0 Å². The molecule has 0 N–H and O–H groups in total. The lowest BCUT2D eigenvalue weighted by atomic mass is 9.93. The fourth-order valence-corrected chi connectivity index (χ4v) is 3.97. The van der Waals surface area contributed by atoms with Gasteiger partial charge in [0.15, 0.2) is 0 Å². The van der Waals surface area contributed by atoms with Gasteiger partial charge >= 0.3 is 5.97 Å². The molecule has 6 heteroatoms. The van der Waals surface area contributed by atoms with E-state index in [1.165, 1.54) is 29.7 Å². The number of aromatic nitrogens is 2. The first-order valence-corrected chi connectivity index (χ1v) is 8.36. The average molecular weight is 319 g/mol. The Kier molecular flexibility index (Phi) is 4.59.